The maximum Gasteiger partial charge on any atom is 0.158 e. The predicted octanol–water partition coefficient (Wildman–Crippen LogP) is 5.17. The lowest BCUT2D eigenvalue weighted by molar-refractivity contribution is -0.116. The van der Waals surface area contributed by atoms with Gasteiger partial charge in [-0.05, 0) is 55.0 Å². The summed E-state index contributed by atoms with van der Waals surface area (Å²) >= 11 is 0. The quantitative estimate of drug-likeness (QED) is 0.510. The number of ether oxygens (including phenoxy) is 1. The van der Waals surface area contributed by atoms with Crippen LogP contribution in [0, 0.1) is 0 Å². The molecular formula is C19H26O2. The second kappa shape index (κ2) is 8.66. The summed E-state index contributed by atoms with van der Waals surface area (Å²) in [6.45, 7) is 3.00. The molecule has 0 bridgehead atoms. The van der Waals surface area contributed by atoms with Gasteiger partial charge in [0.1, 0.15) is 5.75 Å². The number of carbonyl (C=O) groups is 1. The van der Waals surface area contributed by atoms with Crippen molar-refractivity contribution >= 4 is 11.9 Å². The largest absolute Gasteiger partial charge is 0.494 e. The summed E-state index contributed by atoms with van der Waals surface area (Å²) in [5.74, 6) is 1.24. The van der Waals surface area contributed by atoms with Gasteiger partial charge in [-0.2, -0.15) is 0 Å². The first-order valence-corrected chi connectivity index (χ1v) is 8.26. The van der Waals surface area contributed by atoms with Gasteiger partial charge >= 0.3 is 0 Å². The normalized spacial score (nSPS) is 17.2. The summed E-state index contributed by atoms with van der Waals surface area (Å²) in [5, 5.41) is 0. The molecule has 0 amide bonds. The molecule has 0 aromatic heterocycles. The topological polar surface area (TPSA) is 26.3 Å². The van der Waals surface area contributed by atoms with Gasteiger partial charge in [-0.3, -0.25) is 4.79 Å². The summed E-state index contributed by atoms with van der Waals surface area (Å²) < 4.78 is 5.73. The highest BCUT2D eigenvalue weighted by molar-refractivity contribution is 6.00. The zero-order valence-electron chi connectivity index (χ0n) is 13.1. The maximum atomic E-state index is 11.8. The van der Waals surface area contributed by atoms with Crippen LogP contribution < -0.4 is 4.74 Å². The van der Waals surface area contributed by atoms with E-state index in [1.165, 1.54) is 19.3 Å². The lowest BCUT2D eigenvalue weighted by Crippen LogP contribution is -2.07. The van der Waals surface area contributed by atoms with Crippen LogP contribution in [0.25, 0.3) is 6.08 Å². The second-order valence-corrected chi connectivity index (χ2v) is 5.78. The lowest BCUT2D eigenvalue weighted by Gasteiger charge is -2.12. The van der Waals surface area contributed by atoms with Crippen molar-refractivity contribution < 1.29 is 9.53 Å². The molecule has 1 fully saturated rings. The van der Waals surface area contributed by atoms with Crippen LogP contribution in [-0.4, -0.2) is 12.4 Å². The first kappa shape index (κ1) is 15.8. The molecule has 1 aromatic carbocycles. The average molecular weight is 286 g/mol. The number of unbranched alkanes of at least 4 members (excludes halogenated alkanes) is 3. The Morgan fingerprint density at radius 1 is 1.05 bits per heavy atom. The molecule has 1 saturated carbocycles. The summed E-state index contributed by atoms with van der Waals surface area (Å²) in [6.07, 6.45) is 10.7. The monoisotopic (exact) mass is 286 g/mol. The molecule has 114 valence electrons. The molecule has 0 aliphatic heterocycles. The van der Waals surface area contributed by atoms with E-state index in [4.69, 9.17) is 4.74 Å². The van der Waals surface area contributed by atoms with Crippen molar-refractivity contribution in [2.75, 3.05) is 6.61 Å². The van der Waals surface area contributed by atoms with Gasteiger partial charge in [-0.25, -0.2) is 0 Å². The van der Waals surface area contributed by atoms with Crippen LogP contribution in [0.4, 0.5) is 0 Å². The number of benzene rings is 1. The molecule has 0 radical (unpaired) electrons. The number of Topliss-reactive ketones (excluding diaryl/α,β-unsaturated/α-hetero) is 1. The number of allylic oxidation sites excluding steroid dienone is 1. The van der Waals surface area contributed by atoms with Crippen LogP contribution >= 0.6 is 0 Å². The summed E-state index contributed by atoms with van der Waals surface area (Å²) in [6, 6.07) is 8.07. The first-order chi connectivity index (χ1) is 10.3. The van der Waals surface area contributed by atoms with E-state index in [1.807, 2.05) is 30.3 Å². The Kier molecular flexibility index (Phi) is 6.52. The molecule has 2 heteroatoms. The Hall–Kier alpha value is -1.57. The zero-order chi connectivity index (χ0) is 14.9. The molecule has 2 rings (SSSR count). The lowest BCUT2D eigenvalue weighted by atomic mass is 9.92. The van der Waals surface area contributed by atoms with Crippen LogP contribution in [-0.2, 0) is 4.79 Å². The Labute approximate surface area is 128 Å². The average Bonchev–Trinajstić information content (AvgIpc) is 2.51. The van der Waals surface area contributed by atoms with Crippen molar-refractivity contribution in [3.05, 3.63) is 35.4 Å². The molecule has 1 aromatic rings. The molecule has 1 aliphatic carbocycles. The second-order valence-electron chi connectivity index (χ2n) is 5.78. The third kappa shape index (κ3) is 5.37. The molecule has 0 N–H and O–H groups in total. The fourth-order valence-corrected chi connectivity index (χ4v) is 2.63. The number of carbonyl (C=O) groups excluding carboxylic acids is 1. The molecule has 1 aliphatic rings. The number of hydrogen-bond acceptors (Lipinski definition) is 2. The zero-order valence-corrected chi connectivity index (χ0v) is 13.1. The Morgan fingerprint density at radius 2 is 1.81 bits per heavy atom. The van der Waals surface area contributed by atoms with Gasteiger partial charge < -0.3 is 4.74 Å². The number of hydrogen-bond donors (Lipinski definition) is 0. The fourth-order valence-electron chi connectivity index (χ4n) is 2.63. The van der Waals surface area contributed by atoms with Gasteiger partial charge in [0.05, 0.1) is 6.61 Å². The highest BCUT2D eigenvalue weighted by atomic mass is 16.5. The van der Waals surface area contributed by atoms with E-state index < -0.39 is 0 Å². The molecule has 0 heterocycles. The van der Waals surface area contributed by atoms with E-state index in [-0.39, 0.29) is 0 Å². The van der Waals surface area contributed by atoms with Gasteiger partial charge in [-0.15, -0.1) is 0 Å². The van der Waals surface area contributed by atoms with E-state index in [2.05, 4.69) is 6.92 Å². The van der Waals surface area contributed by atoms with Gasteiger partial charge in [0.2, 0.25) is 0 Å². The molecule has 21 heavy (non-hydrogen) atoms. The SMILES string of the molecule is CCCCCCOc1ccc(C=C2CCCCC2=O)cc1. The standard InChI is InChI=1S/C19H26O2/c1-2-3-4-7-14-21-18-12-10-16(11-13-18)15-17-8-5-6-9-19(17)20/h10-13,15H,2-9,14H2,1H3. The molecular weight excluding hydrogens is 260 g/mol. The van der Waals surface area contributed by atoms with Gasteiger partial charge in [0.25, 0.3) is 0 Å². The minimum atomic E-state index is 0.317. The first-order valence-electron chi connectivity index (χ1n) is 8.26. The summed E-state index contributed by atoms with van der Waals surface area (Å²) in [7, 11) is 0. The van der Waals surface area contributed by atoms with E-state index in [0.717, 1.165) is 49.2 Å². The third-order valence-corrected chi connectivity index (χ3v) is 3.95. The predicted molar refractivity (Wildman–Crippen MR) is 87.5 cm³/mol. The molecule has 0 spiro atoms. The van der Waals surface area contributed by atoms with E-state index in [0.29, 0.717) is 12.2 Å². The van der Waals surface area contributed by atoms with Crippen molar-refractivity contribution in [1.82, 2.24) is 0 Å². The van der Waals surface area contributed by atoms with Crippen molar-refractivity contribution in [2.45, 2.75) is 58.3 Å². The van der Waals surface area contributed by atoms with E-state index >= 15 is 0 Å². The van der Waals surface area contributed by atoms with E-state index in [1.54, 1.807) is 0 Å². The fraction of sp³-hybridized carbons (Fsp3) is 0.526. The van der Waals surface area contributed by atoms with Gasteiger partial charge in [-0.1, -0.05) is 38.3 Å². The maximum absolute atomic E-state index is 11.8. The molecule has 0 unspecified atom stereocenters. The Bertz CT molecular complexity index is 471. The van der Waals surface area contributed by atoms with Crippen molar-refractivity contribution in [1.29, 1.82) is 0 Å². The van der Waals surface area contributed by atoms with Crippen molar-refractivity contribution in [3.63, 3.8) is 0 Å². The number of ketones is 1. The van der Waals surface area contributed by atoms with Crippen LogP contribution in [0.1, 0.15) is 63.9 Å². The van der Waals surface area contributed by atoms with Crippen LogP contribution in [0.3, 0.4) is 0 Å². The smallest absolute Gasteiger partial charge is 0.158 e. The van der Waals surface area contributed by atoms with Crippen molar-refractivity contribution in [2.24, 2.45) is 0 Å². The number of rotatable bonds is 7. The van der Waals surface area contributed by atoms with Crippen LogP contribution in [0.5, 0.6) is 5.75 Å². The summed E-state index contributed by atoms with van der Waals surface area (Å²) in [5.41, 5.74) is 2.08. The Balaban J connectivity index is 1.84. The molecule has 0 atom stereocenters. The van der Waals surface area contributed by atoms with Crippen LogP contribution in [0.15, 0.2) is 29.8 Å². The van der Waals surface area contributed by atoms with Crippen LogP contribution in [0.2, 0.25) is 0 Å². The molecule has 0 saturated heterocycles. The van der Waals surface area contributed by atoms with Crippen molar-refractivity contribution in [3.8, 4) is 5.75 Å². The Morgan fingerprint density at radius 3 is 2.52 bits per heavy atom. The highest BCUT2D eigenvalue weighted by Crippen LogP contribution is 2.23. The minimum Gasteiger partial charge on any atom is -0.494 e. The van der Waals surface area contributed by atoms with Gasteiger partial charge in [0, 0.05) is 6.42 Å². The minimum absolute atomic E-state index is 0.317. The third-order valence-electron chi connectivity index (χ3n) is 3.95. The highest BCUT2D eigenvalue weighted by Gasteiger charge is 2.14. The van der Waals surface area contributed by atoms with E-state index in [9.17, 15) is 4.79 Å². The van der Waals surface area contributed by atoms with Gasteiger partial charge in [0.15, 0.2) is 5.78 Å². The summed E-state index contributed by atoms with van der Waals surface area (Å²) in [4.78, 5) is 11.8. The molecule has 2 nitrogen and oxygen atoms in total.